The molecule has 0 bridgehead atoms. The van der Waals surface area contributed by atoms with Gasteiger partial charge in [0.05, 0.1) is 28.9 Å². The fourth-order valence-corrected chi connectivity index (χ4v) is 2.35. The van der Waals surface area contributed by atoms with Gasteiger partial charge in [0.25, 0.3) is 0 Å². The topological polar surface area (TPSA) is 58.5 Å². The first-order valence-corrected chi connectivity index (χ1v) is 6.25. The fourth-order valence-electron chi connectivity index (χ4n) is 1.74. The van der Waals surface area contributed by atoms with Crippen molar-refractivity contribution in [1.82, 2.24) is 9.97 Å². The van der Waals surface area contributed by atoms with Gasteiger partial charge in [-0.1, -0.05) is 0 Å². The van der Waals surface area contributed by atoms with Gasteiger partial charge in [-0.2, -0.15) is 0 Å². The molecule has 1 aromatic heterocycles. The van der Waals surface area contributed by atoms with E-state index in [0.717, 1.165) is 9.39 Å². The second-order valence-electron chi connectivity index (χ2n) is 3.83. The minimum atomic E-state index is -0.123. The van der Waals surface area contributed by atoms with Crippen LogP contribution in [-0.2, 0) is 4.74 Å². The van der Waals surface area contributed by atoms with Gasteiger partial charge in [-0.15, -0.1) is 0 Å². The lowest BCUT2D eigenvalue weighted by molar-refractivity contribution is -0.0106. The number of ether oxygens (including phenoxy) is 1. The number of morpholine rings is 1. The Labute approximate surface area is 108 Å². The summed E-state index contributed by atoms with van der Waals surface area (Å²) in [7, 11) is 0. The molecule has 2 atom stereocenters. The van der Waals surface area contributed by atoms with Crippen molar-refractivity contribution in [2.24, 2.45) is 0 Å². The molecule has 0 spiro atoms. The number of hydrogen-bond acceptors (Lipinski definition) is 5. The first-order valence-electron chi connectivity index (χ1n) is 5.17. The smallest absolute Gasteiger partial charge is 0.145 e. The summed E-state index contributed by atoms with van der Waals surface area (Å²) < 4.78 is 6.51. The molecule has 0 amide bonds. The number of anilines is 1. The summed E-state index contributed by atoms with van der Waals surface area (Å²) in [5.41, 5.74) is 0. The molecule has 0 radical (unpaired) electrons. The van der Waals surface area contributed by atoms with Crippen LogP contribution in [0.25, 0.3) is 0 Å². The van der Waals surface area contributed by atoms with Gasteiger partial charge < -0.3 is 14.7 Å². The molecular weight excluding hydrogens is 321 g/mol. The van der Waals surface area contributed by atoms with Crippen LogP contribution in [0.5, 0.6) is 0 Å². The highest BCUT2D eigenvalue weighted by Crippen LogP contribution is 2.23. The molecule has 2 rings (SSSR count). The van der Waals surface area contributed by atoms with Crippen molar-refractivity contribution >= 4 is 28.4 Å². The molecule has 1 aromatic rings. The van der Waals surface area contributed by atoms with Crippen molar-refractivity contribution < 1.29 is 9.84 Å². The molecule has 1 N–H and O–H groups in total. The van der Waals surface area contributed by atoms with E-state index < -0.39 is 0 Å². The Hall–Kier alpha value is -0.470. The highest BCUT2D eigenvalue weighted by Gasteiger charge is 2.27. The summed E-state index contributed by atoms with van der Waals surface area (Å²) in [5, 5.41) is 9.12. The van der Waals surface area contributed by atoms with Crippen LogP contribution in [0.1, 0.15) is 6.92 Å². The lowest BCUT2D eigenvalue weighted by Gasteiger charge is -2.38. The van der Waals surface area contributed by atoms with Crippen molar-refractivity contribution in [3.05, 3.63) is 16.1 Å². The third kappa shape index (κ3) is 2.44. The van der Waals surface area contributed by atoms with E-state index in [4.69, 9.17) is 9.84 Å². The minimum Gasteiger partial charge on any atom is -0.394 e. The second-order valence-corrected chi connectivity index (χ2v) is 5.00. The van der Waals surface area contributed by atoms with E-state index in [9.17, 15) is 0 Å². The summed E-state index contributed by atoms with van der Waals surface area (Å²) in [6.07, 6.45) is 3.22. The van der Waals surface area contributed by atoms with E-state index >= 15 is 0 Å². The molecule has 1 fully saturated rings. The molecule has 1 saturated heterocycles. The molecule has 6 heteroatoms. The first kappa shape index (κ1) is 12.0. The molecule has 5 nitrogen and oxygen atoms in total. The lowest BCUT2D eigenvalue weighted by atomic mass is 10.2. The van der Waals surface area contributed by atoms with Gasteiger partial charge in [0, 0.05) is 12.7 Å². The number of aliphatic hydroxyl groups is 1. The van der Waals surface area contributed by atoms with Gasteiger partial charge in [0.15, 0.2) is 0 Å². The van der Waals surface area contributed by atoms with E-state index in [-0.39, 0.29) is 18.8 Å². The summed E-state index contributed by atoms with van der Waals surface area (Å²) in [5.74, 6) is 0.921. The molecule has 1 aliphatic heterocycles. The van der Waals surface area contributed by atoms with Crippen LogP contribution in [0, 0.1) is 3.57 Å². The molecule has 2 unspecified atom stereocenters. The highest BCUT2D eigenvalue weighted by molar-refractivity contribution is 14.1. The molecule has 1 aliphatic rings. The minimum absolute atomic E-state index is 0.0465. The number of rotatable bonds is 2. The maximum absolute atomic E-state index is 9.12. The van der Waals surface area contributed by atoms with E-state index in [1.165, 1.54) is 0 Å². The Kier molecular flexibility index (Phi) is 3.93. The molecule has 0 aliphatic carbocycles. The van der Waals surface area contributed by atoms with E-state index in [1.54, 1.807) is 12.5 Å². The van der Waals surface area contributed by atoms with Gasteiger partial charge >= 0.3 is 0 Å². The molecule has 0 aromatic carbocycles. The maximum Gasteiger partial charge on any atom is 0.145 e. The second kappa shape index (κ2) is 5.24. The van der Waals surface area contributed by atoms with Crippen molar-refractivity contribution in [1.29, 1.82) is 0 Å². The SMILES string of the molecule is CC1COC(CO)CN1c1ncncc1I. The highest BCUT2D eigenvalue weighted by atomic mass is 127. The van der Waals surface area contributed by atoms with Gasteiger partial charge in [0.1, 0.15) is 12.1 Å². The predicted octanol–water partition coefficient (Wildman–Crippen LogP) is 0.667. The molecule has 2 heterocycles. The summed E-state index contributed by atoms with van der Waals surface area (Å²) in [4.78, 5) is 10.4. The van der Waals surface area contributed by atoms with Crippen LogP contribution in [0.3, 0.4) is 0 Å². The van der Waals surface area contributed by atoms with Crippen molar-refractivity contribution in [3.63, 3.8) is 0 Å². The maximum atomic E-state index is 9.12. The van der Waals surface area contributed by atoms with Gasteiger partial charge in [0.2, 0.25) is 0 Å². The Morgan fingerprint density at radius 2 is 2.50 bits per heavy atom. The van der Waals surface area contributed by atoms with Crippen LogP contribution in [0.15, 0.2) is 12.5 Å². The zero-order valence-corrected chi connectivity index (χ0v) is 11.2. The van der Waals surface area contributed by atoms with Crippen molar-refractivity contribution in [3.8, 4) is 0 Å². The zero-order chi connectivity index (χ0) is 11.5. The molecule has 0 saturated carbocycles. The van der Waals surface area contributed by atoms with Gasteiger partial charge in [-0.25, -0.2) is 9.97 Å². The fraction of sp³-hybridized carbons (Fsp3) is 0.600. The molecular formula is C10H14IN3O2. The van der Waals surface area contributed by atoms with Gasteiger partial charge in [-0.3, -0.25) is 0 Å². The number of nitrogens with zero attached hydrogens (tertiary/aromatic N) is 3. The van der Waals surface area contributed by atoms with Crippen LogP contribution < -0.4 is 4.90 Å². The standard InChI is InChI=1S/C10H14IN3O2/c1-7-5-16-8(4-15)3-14(7)10-9(11)2-12-6-13-10/h2,6-8,15H,3-5H2,1H3. The Balaban J connectivity index is 2.21. The average Bonchev–Trinajstić information content (AvgIpc) is 2.31. The molecule has 88 valence electrons. The summed E-state index contributed by atoms with van der Waals surface area (Å²) in [6, 6.07) is 0.270. The van der Waals surface area contributed by atoms with Crippen molar-refractivity contribution in [2.45, 2.75) is 19.1 Å². The summed E-state index contributed by atoms with van der Waals surface area (Å²) >= 11 is 2.22. The van der Waals surface area contributed by atoms with E-state index in [1.807, 2.05) is 0 Å². The lowest BCUT2D eigenvalue weighted by Crippen LogP contribution is -2.50. The first-order chi connectivity index (χ1) is 7.72. The van der Waals surface area contributed by atoms with E-state index in [2.05, 4.69) is 44.4 Å². The third-order valence-corrected chi connectivity index (χ3v) is 3.39. The number of halogens is 1. The Bertz CT molecular complexity index is 364. The van der Waals surface area contributed by atoms with Crippen LogP contribution >= 0.6 is 22.6 Å². The third-order valence-electron chi connectivity index (χ3n) is 2.63. The summed E-state index contributed by atoms with van der Waals surface area (Å²) in [6.45, 7) is 3.42. The van der Waals surface area contributed by atoms with Crippen LogP contribution in [0.2, 0.25) is 0 Å². The van der Waals surface area contributed by atoms with Gasteiger partial charge in [-0.05, 0) is 29.5 Å². The Morgan fingerprint density at radius 3 is 3.19 bits per heavy atom. The Morgan fingerprint density at radius 1 is 1.69 bits per heavy atom. The normalized spacial score (nSPS) is 25.8. The number of aliphatic hydroxyl groups excluding tert-OH is 1. The van der Waals surface area contributed by atoms with Crippen molar-refractivity contribution in [2.75, 3.05) is 24.7 Å². The quantitative estimate of drug-likeness (QED) is 0.805. The zero-order valence-electron chi connectivity index (χ0n) is 9.01. The van der Waals surface area contributed by atoms with E-state index in [0.29, 0.717) is 13.2 Å². The number of hydrogen-bond donors (Lipinski definition) is 1. The predicted molar refractivity (Wildman–Crippen MR) is 68.4 cm³/mol. The van der Waals surface area contributed by atoms with Crippen LogP contribution in [-0.4, -0.2) is 47.0 Å². The number of aromatic nitrogens is 2. The average molecular weight is 335 g/mol. The molecule has 16 heavy (non-hydrogen) atoms. The largest absolute Gasteiger partial charge is 0.394 e. The van der Waals surface area contributed by atoms with Crippen LogP contribution in [0.4, 0.5) is 5.82 Å². The monoisotopic (exact) mass is 335 g/mol.